The molecule has 172 valence electrons. The summed E-state index contributed by atoms with van der Waals surface area (Å²) >= 11 is 0. The van der Waals surface area contributed by atoms with Gasteiger partial charge in [0.25, 0.3) is 0 Å². The second-order valence-corrected chi connectivity index (χ2v) is 7.57. The van der Waals surface area contributed by atoms with E-state index in [2.05, 4.69) is 30.9 Å². The number of benzene rings is 1. The molecule has 2 aromatic heterocycles. The molecule has 1 amide bonds. The third kappa shape index (κ3) is 4.38. The molecule has 1 aromatic carbocycles. The highest BCUT2D eigenvalue weighted by Crippen LogP contribution is 2.36. The number of rotatable bonds is 8. The van der Waals surface area contributed by atoms with E-state index >= 15 is 0 Å². The largest absolute Gasteiger partial charge is 0.481 e. The van der Waals surface area contributed by atoms with Gasteiger partial charge >= 0.3 is 12.0 Å². The molecule has 0 spiro atoms. The van der Waals surface area contributed by atoms with Crippen LogP contribution in [0.1, 0.15) is 18.9 Å². The topological polar surface area (TPSA) is 168 Å². The molecule has 2 aliphatic rings. The van der Waals surface area contributed by atoms with Crippen LogP contribution in [0, 0.1) is 0 Å². The fourth-order valence-electron chi connectivity index (χ4n) is 3.89. The van der Waals surface area contributed by atoms with Gasteiger partial charge in [-0.3, -0.25) is 9.59 Å². The number of nitrogens with zero attached hydrogens (tertiary/aromatic N) is 7. The molecule has 4 heterocycles. The number of carboxylic acids is 1. The molecular weight excluding hydrogens is 436 g/mol. The zero-order chi connectivity index (χ0) is 22.8. The van der Waals surface area contributed by atoms with Crippen molar-refractivity contribution in [2.45, 2.75) is 37.1 Å². The highest BCUT2D eigenvalue weighted by atomic mass is 16.6. The number of tetrazole rings is 1. The van der Waals surface area contributed by atoms with Gasteiger partial charge in [0, 0.05) is 6.42 Å². The van der Waals surface area contributed by atoms with Crippen LogP contribution in [0.3, 0.4) is 0 Å². The van der Waals surface area contributed by atoms with Crippen LogP contribution in [0.4, 0.5) is 0 Å². The van der Waals surface area contributed by atoms with E-state index in [4.69, 9.17) is 19.3 Å². The predicted octanol–water partition coefficient (Wildman–Crippen LogP) is -0.266. The van der Waals surface area contributed by atoms with E-state index in [9.17, 15) is 9.59 Å². The maximum absolute atomic E-state index is 12.0. The first-order chi connectivity index (χ1) is 16.1. The van der Waals surface area contributed by atoms with Crippen LogP contribution in [-0.4, -0.2) is 83.4 Å². The van der Waals surface area contributed by atoms with Gasteiger partial charge in [-0.05, 0) is 34.7 Å². The number of amides is 1. The third-order valence-corrected chi connectivity index (χ3v) is 5.45. The lowest BCUT2D eigenvalue weighted by molar-refractivity contribution is -0.139. The van der Waals surface area contributed by atoms with Crippen molar-refractivity contribution in [1.29, 1.82) is 0 Å². The van der Waals surface area contributed by atoms with Gasteiger partial charge in [-0.2, -0.15) is 9.78 Å². The lowest BCUT2D eigenvalue weighted by Gasteiger charge is -2.18. The maximum atomic E-state index is 12.0. The first-order valence-corrected chi connectivity index (χ1v) is 10.2. The molecule has 14 heteroatoms. The molecule has 4 unspecified atom stereocenters. The van der Waals surface area contributed by atoms with Crippen molar-refractivity contribution in [3.05, 3.63) is 36.9 Å². The van der Waals surface area contributed by atoms with Crippen molar-refractivity contribution in [2.24, 2.45) is 0 Å². The van der Waals surface area contributed by atoms with Crippen molar-refractivity contribution < 1.29 is 28.9 Å². The minimum atomic E-state index is -1.03. The van der Waals surface area contributed by atoms with E-state index in [0.717, 1.165) is 5.69 Å². The summed E-state index contributed by atoms with van der Waals surface area (Å²) in [5.41, 5.74) is 0.822. The van der Waals surface area contributed by atoms with E-state index in [1.54, 1.807) is 23.1 Å². The number of ether oxygens (including phenoxy) is 3. The minimum Gasteiger partial charge on any atom is -0.481 e. The van der Waals surface area contributed by atoms with Crippen molar-refractivity contribution >= 4 is 11.9 Å². The summed E-state index contributed by atoms with van der Waals surface area (Å²) in [4.78, 5) is 26.6. The SMILES string of the molecule is O=C(O)CCC(=O)NC1COC2C1OCC2n1nnnc1Oc1ccc(-n2cncn2)cc1. The molecule has 0 bridgehead atoms. The summed E-state index contributed by atoms with van der Waals surface area (Å²) in [6.07, 6.45) is 1.91. The number of aromatic nitrogens is 7. The van der Waals surface area contributed by atoms with E-state index in [1.807, 2.05) is 12.1 Å². The van der Waals surface area contributed by atoms with Crippen molar-refractivity contribution in [2.75, 3.05) is 13.2 Å². The van der Waals surface area contributed by atoms with Crippen LogP contribution in [0.5, 0.6) is 11.8 Å². The van der Waals surface area contributed by atoms with Crippen molar-refractivity contribution in [3.63, 3.8) is 0 Å². The van der Waals surface area contributed by atoms with Gasteiger partial charge in [0.05, 0.1) is 31.4 Å². The molecule has 3 aromatic rings. The van der Waals surface area contributed by atoms with Crippen LogP contribution in [-0.2, 0) is 19.1 Å². The summed E-state index contributed by atoms with van der Waals surface area (Å²) in [6, 6.07) is 6.62. The Morgan fingerprint density at radius 3 is 2.73 bits per heavy atom. The van der Waals surface area contributed by atoms with Crippen molar-refractivity contribution in [1.82, 2.24) is 40.3 Å². The average Bonchev–Trinajstić information content (AvgIpc) is 3.59. The molecule has 33 heavy (non-hydrogen) atoms. The highest BCUT2D eigenvalue weighted by molar-refractivity contribution is 5.80. The normalized spacial score (nSPS) is 23.9. The molecule has 2 saturated heterocycles. The minimum absolute atomic E-state index is 0.104. The van der Waals surface area contributed by atoms with Crippen LogP contribution in [0.2, 0.25) is 0 Å². The lowest BCUT2D eigenvalue weighted by atomic mass is 10.1. The number of carboxylic acid groups (broad SMARTS) is 1. The highest BCUT2D eigenvalue weighted by Gasteiger charge is 2.50. The average molecular weight is 456 g/mol. The molecular formula is C19H20N8O6. The van der Waals surface area contributed by atoms with Crippen LogP contribution < -0.4 is 10.1 Å². The Balaban J connectivity index is 1.23. The number of carbonyl (C=O) groups excluding carboxylic acids is 1. The molecule has 0 saturated carbocycles. The van der Waals surface area contributed by atoms with Crippen LogP contribution in [0.15, 0.2) is 36.9 Å². The molecule has 2 N–H and O–H groups in total. The molecule has 14 nitrogen and oxygen atoms in total. The Morgan fingerprint density at radius 2 is 1.97 bits per heavy atom. The molecule has 5 rings (SSSR count). The van der Waals surface area contributed by atoms with Gasteiger partial charge in [0.2, 0.25) is 5.91 Å². The molecule has 4 atom stereocenters. The fraction of sp³-hybridized carbons (Fsp3) is 0.421. The van der Waals surface area contributed by atoms with Crippen LogP contribution in [0.25, 0.3) is 5.69 Å². The summed E-state index contributed by atoms with van der Waals surface area (Å²) in [5, 5.41) is 27.3. The number of nitrogens with one attached hydrogen (secondary N) is 1. The summed E-state index contributed by atoms with van der Waals surface area (Å²) in [5.74, 6) is -0.858. The Hall–Kier alpha value is -3.91. The molecule has 0 radical (unpaired) electrons. The van der Waals surface area contributed by atoms with Gasteiger partial charge in [-0.1, -0.05) is 5.10 Å². The number of fused-ring (bicyclic) bond motifs is 1. The van der Waals surface area contributed by atoms with E-state index < -0.39 is 18.2 Å². The predicted molar refractivity (Wildman–Crippen MR) is 107 cm³/mol. The van der Waals surface area contributed by atoms with Crippen molar-refractivity contribution in [3.8, 4) is 17.4 Å². The van der Waals surface area contributed by atoms with Crippen LogP contribution >= 0.6 is 0 Å². The molecule has 2 aliphatic heterocycles. The lowest BCUT2D eigenvalue weighted by Crippen LogP contribution is -2.44. The van der Waals surface area contributed by atoms with E-state index in [-0.39, 0.29) is 50.1 Å². The standard InChI is InChI=1S/C19H20N8O6/c28-15(5-6-16(29)30)22-13-7-31-18-14(8-32-17(13)18)27-19(23-24-25-27)33-12-3-1-11(2-4-12)26-10-20-9-21-26/h1-4,9-10,13-14,17-18H,5-8H2,(H,22,28)(H,29,30). The molecule has 0 aliphatic carbocycles. The Bertz CT molecular complexity index is 1120. The van der Waals surface area contributed by atoms with Gasteiger partial charge in [-0.15, -0.1) is 0 Å². The van der Waals surface area contributed by atoms with Gasteiger partial charge in [0.1, 0.15) is 36.7 Å². The van der Waals surface area contributed by atoms with Gasteiger partial charge in [-0.25, -0.2) is 9.67 Å². The van der Waals surface area contributed by atoms with Gasteiger partial charge in [0.15, 0.2) is 0 Å². The monoisotopic (exact) mass is 456 g/mol. The quantitative estimate of drug-likeness (QED) is 0.458. The summed E-state index contributed by atoms with van der Waals surface area (Å²) in [6.45, 7) is 0.510. The summed E-state index contributed by atoms with van der Waals surface area (Å²) < 4.78 is 20.7. The van der Waals surface area contributed by atoms with E-state index in [1.165, 1.54) is 11.0 Å². The zero-order valence-electron chi connectivity index (χ0n) is 17.2. The van der Waals surface area contributed by atoms with E-state index in [0.29, 0.717) is 5.75 Å². The molecule has 2 fully saturated rings. The zero-order valence-corrected chi connectivity index (χ0v) is 17.2. The van der Waals surface area contributed by atoms with Gasteiger partial charge < -0.3 is 24.6 Å². The number of hydrogen-bond donors (Lipinski definition) is 2. The second-order valence-electron chi connectivity index (χ2n) is 7.57. The Labute approximate surface area is 186 Å². The Kier molecular flexibility index (Phi) is 5.66. The third-order valence-electron chi connectivity index (χ3n) is 5.45. The number of carbonyl (C=O) groups is 2. The first kappa shape index (κ1) is 21.0. The maximum Gasteiger partial charge on any atom is 0.341 e. The number of hydrogen-bond acceptors (Lipinski definition) is 10. The fourth-order valence-corrected chi connectivity index (χ4v) is 3.89. The number of aliphatic carboxylic acids is 1. The first-order valence-electron chi connectivity index (χ1n) is 10.2. The second kappa shape index (κ2) is 8.91. The smallest absolute Gasteiger partial charge is 0.341 e. The summed E-state index contributed by atoms with van der Waals surface area (Å²) in [7, 11) is 0. The Morgan fingerprint density at radius 1 is 1.15 bits per heavy atom.